The Hall–Kier alpha value is -3.01. The second kappa shape index (κ2) is 10.9. The van der Waals surface area contributed by atoms with E-state index in [1.807, 2.05) is 84.0 Å². The molecular weight excluding hydrogens is 526 g/mol. The molecule has 4 rings (SSSR count). The van der Waals surface area contributed by atoms with Gasteiger partial charge in [0.1, 0.15) is 6.10 Å². The molecule has 3 aromatic carbocycles. The van der Waals surface area contributed by atoms with Gasteiger partial charge >= 0.3 is 0 Å². The molecule has 0 bridgehead atoms. The maximum Gasteiger partial charge on any atom is 0.163 e. The maximum atomic E-state index is 13.0. The van der Waals surface area contributed by atoms with Crippen LogP contribution < -0.4 is 0 Å². The van der Waals surface area contributed by atoms with E-state index in [0.29, 0.717) is 5.02 Å². The molecule has 0 aliphatic rings. The van der Waals surface area contributed by atoms with Crippen LogP contribution in [0.15, 0.2) is 48.5 Å². The molecule has 1 N–H and O–H groups in total. The Morgan fingerprint density at radius 1 is 1.05 bits per heavy atom. The van der Waals surface area contributed by atoms with E-state index < -0.39 is 17.3 Å². The Kier molecular flexibility index (Phi) is 8.08. The third kappa shape index (κ3) is 6.42. The predicted molar refractivity (Wildman–Crippen MR) is 161 cm³/mol. The van der Waals surface area contributed by atoms with E-state index in [0.717, 1.165) is 54.2 Å². The molecule has 0 saturated heterocycles. The summed E-state index contributed by atoms with van der Waals surface area (Å²) < 4.78 is 6.34. The summed E-state index contributed by atoms with van der Waals surface area (Å²) in [6.45, 7) is 14.9. The number of ether oxygens (including phenoxy) is 1. The summed E-state index contributed by atoms with van der Waals surface area (Å²) >= 11 is 7.69. The van der Waals surface area contributed by atoms with E-state index >= 15 is 0 Å². The van der Waals surface area contributed by atoms with E-state index in [1.54, 1.807) is 13.8 Å². The highest BCUT2D eigenvalue weighted by Crippen LogP contribution is 2.41. The first-order valence-electron chi connectivity index (χ1n) is 12.9. The largest absolute Gasteiger partial charge is 0.373 e. The molecule has 4 nitrogen and oxygen atoms in total. The molecule has 0 fully saturated rings. The lowest BCUT2D eigenvalue weighted by molar-refractivity contribution is -0.138. The topological polar surface area (TPSA) is 59.4 Å². The first kappa shape index (κ1) is 29.0. The highest BCUT2D eigenvalue weighted by molar-refractivity contribution is 7.11. The molecule has 0 radical (unpaired) electrons. The molecule has 39 heavy (non-hydrogen) atoms. The second-order valence-electron chi connectivity index (χ2n) is 11.1. The second-order valence-corrected chi connectivity index (χ2v) is 12.8. The summed E-state index contributed by atoms with van der Waals surface area (Å²) in [6, 6.07) is 15.7. The standard InChI is InChI=1S/C33H34ClNO3S/c1-19-17-25-10-9-23(15-16-33(8,37)31-20(2)35-22(4)39-31)18-27(25)29(24-11-13-26(34)14-12-24)28(19)30(21(3)36)38-32(5,6)7/h9-14,17-18,30,37H,1-8H3/t30-,33?/m1/s1. The fraction of sp³-hybridized carbons (Fsp3) is 0.333. The Labute approximate surface area is 240 Å². The van der Waals surface area contributed by atoms with Gasteiger partial charge in [0.05, 0.1) is 21.2 Å². The number of carbonyl (C=O) groups excluding carboxylic acids is 1. The number of aliphatic hydroxyl groups is 1. The predicted octanol–water partition coefficient (Wildman–Crippen LogP) is 8.25. The van der Waals surface area contributed by atoms with Crippen molar-refractivity contribution in [2.24, 2.45) is 0 Å². The molecule has 0 aliphatic carbocycles. The molecule has 0 amide bonds. The van der Waals surface area contributed by atoms with Crippen LogP contribution in [0.5, 0.6) is 0 Å². The number of nitrogens with zero attached hydrogens (tertiary/aromatic N) is 1. The highest BCUT2D eigenvalue weighted by Gasteiger charge is 2.30. The lowest BCUT2D eigenvalue weighted by Crippen LogP contribution is -2.27. The van der Waals surface area contributed by atoms with Crippen LogP contribution in [-0.4, -0.2) is 21.5 Å². The number of aromatic nitrogens is 1. The van der Waals surface area contributed by atoms with Crippen LogP contribution in [-0.2, 0) is 15.1 Å². The quantitative estimate of drug-likeness (QED) is 0.250. The molecule has 1 aromatic heterocycles. The Balaban J connectivity index is 1.96. The van der Waals surface area contributed by atoms with Crippen LogP contribution >= 0.6 is 22.9 Å². The molecule has 0 spiro atoms. The molecule has 1 unspecified atom stereocenters. The van der Waals surface area contributed by atoms with Crippen LogP contribution in [0.1, 0.15) is 73.0 Å². The number of carbonyl (C=O) groups is 1. The third-order valence-electron chi connectivity index (χ3n) is 6.42. The number of thiazole rings is 1. The van der Waals surface area contributed by atoms with Crippen molar-refractivity contribution in [2.45, 2.75) is 72.7 Å². The number of halogens is 1. The smallest absolute Gasteiger partial charge is 0.163 e. The first-order chi connectivity index (χ1) is 18.2. The summed E-state index contributed by atoms with van der Waals surface area (Å²) in [6.07, 6.45) is -0.743. The van der Waals surface area contributed by atoms with Crippen molar-refractivity contribution in [3.8, 4) is 23.0 Å². The van der Waals surface area contributed by atoms with Crippen LogP contribution in [0.25, 0.3) is 21.9 Å². The van der Waals surface area contributed by atoms with Crippen molar-refractivity contribution in [1.29, 1.82) is 0 Å². The Morgan fingerprint density at radius 2 is 1.72 bits per heavy atom. The Bertz CT molecular complexity index is 1620. The van der Waals surface area contributed by atoms with Crippen LogP contribution in [0, 0.1) is 32.6 Å². The van der Waals surface area contributed by atoms with Crippen molar-refractivity contribution in [3.05, 3.63) is 85.8 Å². The van der Waals surface area contributed by atoms with Gasteiger partial charge in [-0.1, -0.05) is 47.7 Å². The first-order valence-corrected chi connectivity index (χ1v) is 14.1. The maximum absolute atomic E-state index is 13.0. The molecule has 0 saturated carbocycles. The number of Topliss-reactive ketones (excluding diaryl/α,β-unsaturated/α-hetero) is 1. The Morgan fingerprint density at radius 3 is 2.28 bits per heavy atom. The van der Waals surface area contributed by atoms with Gasteiger partial charge in [0.2, 0.25) is 0 Å². The van der Waals surface area contributed by atoms with Crippen molar-refractivity contribution >= 4 is 39.5 Å². The van der Waals surface area contributed by atoms with Crippen molar-refractivity contribution in [1.82, 2.24) is 4.98 Å². The SMILES string of the molecule is CC(=O)[C@@H](OC(C)(C)C)c1c(C)cc2ccc(C#CC(C)(O)c3sc(C)nc3C)cc2c1-c1ccc(Cl)cc1. The van der Waals surface area contributed by atoms with Gasteiger partial charge in [0.25, 0.3) is 0 Å². The molecule has 1 heterocycles. The summed E-state index contributed by atoms with van der Waals surface area (Å²) in [5.74, 6) is 6.17. The zero-order chi connectivity index (χ0) is 28.7. The van der Waals surface area contributed by atoms with Crippen molar-refractivity contribution in [2.75, 3.05) is 0 Å². The summed E-state index contributed by atoms with van der Waals surface area (Å²) in [5, 5.41) is 14.7. The number of aryl methyl sites for hydroxylation is 3. The summed E-state index contributed by atoms with van der Waals surface area (Å²) in [4.78, 5) is 18.2. The van der Waals surface area contributed by atoms with E-state index in [9.17, 15) is 9.90 Å². The number of ketones is 1. The van der Waals surface area contributed by atoms with Crippen molar-refractivity contribution in [3.63, 3.8) is 0 Å². The minimum atomic E-state index is -1.33. The highest BCUT2D eigenvalue weighted by atomic mass is 35.5. The number of benzene rings is 3. The summed E-state index contributed by atoms with van der Waals surface area (Å²) in [7, 11) is 0. The molecule has 0 aliphatic heterocycles. The van der Waals surface area contributed by atoms with E-state index in [4.69, 9.17) is 16.3 Å². The zero-order valence-corrected chi connectivity index (χ0v) is 25.3. The number of fused-ring (bicyclic) bond motifs is 1. The molecule has 4 aromatic rings. The minimum Gasteiger partial charge on any atom is -0.373 e. The molecule has 6 heteroatoms. The van der Waals surface area contributed by atoms with Crippen molar-refractivity contribution < 1.29 is 14.6 Å². The molecular formula is C33H34ClNO3S. The van der Waals surface area contributed by atoms with E-state index in [-0.39, 0.29) is 5.78 Å². The lowest BCUT2D eigenvalue weighted by atomic mass is 9.85. The minimum absolute atomic E-state index is 0.0650. The third-order valence-corrected chi connectivity index (χ3v) is 7.96. The van der Waals surface area contributed by atoms with Gasteiger partial charge < -0.3 is 9.84 Å². The van der Waals surface area contributed by atoms with Gasteiger partial charge in [0, 0.05) is 10.6 Å². The van der Waals surface area contributed by atoms with Gasteiger partial charge in [-0.25, -0.2) is 4.98 Å². The number of hydrogen-bond acceptors (Lipinski definition) is 5. The number of hydrogen-bond donors (Lipinski definition) is 1. The fourth-order valence-corrected chi connectivity index (χ4v) is 5.87. The van der Waals surface area contributed by atoms with Gasteiger partial charge in [0.15, 0.2) is 11.4 Å². The van der Waals surface area contributed by atoms with Crippen LogP contribution in [0.3, 0.4) is 0 Å². The van der Waals surface area contributed by atoms with E-state index in [2.05, 4.69) is 22.9 Å². The molecule has 202 valence electrons. The van der Waals surface area contributed by atoms with Crippen LogP contribution in [0.2, 0.25) is 5.02 Å². The van der Waals surface area contributed by atoms with Crippen LogP contribution in [0.4, 0.5) is 0 Å². The van der Waals surface area contributed by atoms with Gasteiger partial charge in [-0.05, 0) is 113 Å². The van der Waals surface area contributed by atoms with Gasteiger partial charge in [-0.2, -0.15) is 0 Å². The van der Waals surface area contributed by atoms with E-state index in [1.165, 1.54) is 11.3 Å². The zero-order valence-electron chi connectivity index (χ0n) is 23.7. The monoisotopic (exact) mass is 559 g/mol. The summed E-state index contributed by atoms with van der Waals surface area (Å²) in [5.41, 5.74) is 3.33. The fourth-order valence-electron chi connectivity index (χ4n) is 4.83. The van der Waals surface area contributed by atoms with Gasteiger partial charge in [-0.3, -0.25) is 4.79 Å². The normalized spacial score (nSPS) is 14.0. The number of rotatable bonds is 5. The lowest BCUT2D eigenvalue weighted by Gasteiger charge is -2.29. The molecule has 2 atom stereocenters. The average Bonchev–Trinajstić information content (AvgIpc) is 3.19. The van der Waals surface area contributed by atoms with Gasteiger partial charge in [-0.15, -0.1) is 11.3 Å². The average molecular weight is 560 g/mol.